The minimum Gasteiger partial charge on any atom is -0.453 e. The molecular formula is C14H18N2O3. The van der Waals surface area contributed by atoms with Gasteiger partial charge in [-0.3, -0.25) is 4.79 Å². The lowest BCUT2D eigenvalue weighted by molar-refractivity contribution is 0.0757. The molecule has 0 saturated carbocycles. The van der Waals surface area contributed by atoms with E-state index in [9.17, 15) is 9.59 Å². The topological polar surface area (TPSA) is 49.9 Å². The Morgan fingerprint density at radius 1 is 1.00 bits per heavy atom. The van der Waals surface area contributed by atoms with Gasteiger partial charge in [-0.2, -0.15) is 0 Å². The molecule has 0 N–H and O–H groups in total. The molecule has 0 aromatic heterocycles. The quantitative estimate of drug-likeness (QED) is 0.772. The van der Waals surface area contributed by atoms with E-state index >= 15 is 0 Å². The van der Waals surface area contributed by atoms with Crippen molar-refractivity contribution in [1.82, 2.24) is 9.80 Å². The van der Waals surface area contributed by atoms with Crippen LogP contribution in [-0.2, 0) is 4.74 Å². The summed E-state index contributed by atoms with van der Waals surface area (Å²) in [6.07, 6.45) is 0.447. The normalized spacial score (nSPS) is 15.8. The lowest BCUT2D eigenvalue weighted by Gasteiger charge is -2.21. The summed E-state index contributed by atoms with van der Waals surface area (Å²) >= 11 is 0. The number of nitrogens with zero attached hydrogens (tertiary/aromatic N) is 2. The van der Waals surface area contributed by atoms with Crippen LogP contribution in [0.15, 0.2) is 30.3 Å². The van der Waals surface area contributed by atoms with E-state index in [0.717, 1.165) is 6.42 Å². The van der Waals surface area contributed by atoms with Gasteiger partial charge in [0, 0.05) is 31.7 Å². The molecule has 1 aromatic carbocycles. The minimum atomic E-state index is -0.325. The molecule has 102 valence electrons. The van der Waals surface area contributed by atoms with Crippen molar-refractivity contribution in [2.75, 3.05) is 33.3 Å². The number of amides is 2. The van der Waals surface area contributed by atoms with Crippen molar-refractivity contribution in [3.8, 4) is 0 Å². The zero-order valence-corrected chi connectivity index (χ0v) is 11.0. The highest BCUT2D eigenvalue weighted by Crippen LogP contribution is 2.09. The van der Waals surface area contributed by atoms with Crippen LogP contribution < -0.4 is 0 Å². The Hall–Kier alpha value is -2.04. The third kappa shape index (κ3) is 3.24. The van der Waals surface area contributed by atoms with E-state index in [4.69, 9.17) is 4.74 Å². The number of methoxy groups -OCH3 is 1. The molecule has 0 radical (unpaired) electrons. The second-order valence-electron chi connectivity index (χ2n) is 4.47. The molecule has 1 aromatic rings. The molecule has 0 unspecified atom stereocenters. The first-order valence-corrected chi connectivity index (χ1v) is 6.39. The maximum Gasteiger partial charge on any atom is 0.409 e. The smallest absolute Gasteiger partial charge is 0.409 e. The first kappa shape index (κ1) is 13.4. The summed E-state index contributed by atoms with van der Waals surface area (Å²) in [5, 5.41) is 0. The molecule has 5 nitrogen and oxygen atoms in total. The number of carbonyl (C=O) groups excluding carboxylic acids is 2. The lowest BCUT2D eigenvalue weighted by Crippen LogP contribution is -2.37. The van der Waals surface area contributed by atoms with Gasteiger partial charge < -0.3 is 14.5 Å². The van der Waals surface area contributed by atoms with Crippen LogP contribution >= 0.6 is 0 Å². The van der Waals surface area contributed by atoms with Gasteiger partial charge in [0.1, 0.15) is 0 Å². The fourth-order valence-electron chi connectivity index (χ4n) is 2.20. The van der Waals surface area contributed by atoms with E-state index in [1.165, 1.54) is 7.11 Å². The molecule has 2 amide bonds. The highest BCUT2D eigenvalue weighted by atomic mass is 16.5. The molecule has 5 heteroatoms. The van der Waals surface area contributed by atoms with Crippen molar-refractivity contribution < 1.29 is 14.3 Å². The fraction of sp³-hybridized carbons (Fsp3) is 0.429. The van der Waals surface area contributed by atoms with Gasteiger partial charge in [0.05, 0.1) is 7.11 Å². The SMILES string of the molecule is COC(=O)N1CCCN(C(=O)c2ccccc2)CC1. The lowest BCUT2D eigenvalue weighted by atomic mass is 10.2. The zero-order valence-electron chi connectivity index (χ0n) is 11.0. The molecule has 1 saturated heterocycles. The van der Waals surface area contributed by atoms with Crippen molar-refractivity contribution in [2.24, 2.45) is 0 Å². The number of rotatable bonds is 1. The summed E-state index contributed by atoms with van der Waals surface area (Å²) in [6, 6.07) is 9.21. The molecule has 2 rings (SSSR count). The molecule has 1 fully saturated rings. The summed E-state index contributed by atoms with van der Waals surface area (Å²) in [7, 11) is 1.38. The molecule has 19 heavy (non-hydrogen) atoms. The standard InChI is InChI=1S/C14H18N2O3/c1-19-14(18)16-9-5-8-15(10-11-16)13(17)12-6-3-2-4-7-12/h2-4,6-7H,5,8-11H2,1H3. The highest BCUT2D eigenvalue weighted by Gasteiger charge is 2.22. The average molecular weight is 262 g/mol. The summed E-state index contributed by atoms with van der Waals surface area (Å²) in [4.78, 5) is 27.2. The van der Waals surface area contributed by atoms with Crippen molar-refractivity contribution in [3.05, 3.63) is 35.9 Å². The Morgan fingerprint density at radius 2 is 1.63 bits per heavy atom. The molecule has 0 spiro atoms. The van der Waals surface area contributed by atoms with Gasteiger partial charge in [-0.1, -0.05) is 18.2 Å². The van der Waals surface area contributed by atoms with E-state index < -0.39 is 0 Å². The molecule has 0 aliphatic carbocycles. The summed E-state index contributed by atoms with van der Waals surface area (Å²) < 4.78 is 4.71. The molecule has 0 bridgehead atoms. The largest absolute Gasteiger partial charge is 0.453 e. The number of carbonyl (C=O) groups is 2. The Bertz CT molecular complexity index is 447. The van der Waals surface area contributed by atoms with Gasteiger partial charge in [-0.15, -0.1) is 0 Å². The predicted octanol–water partition coefficient (Wildman–Crippen LogP) is 1.60. The number of ether oxygens (including phenoxy) is 1. The maximum atomic E-state index is 12.3. The third-order valence-electron chi connectivity index (χ3n) is 3.24. The van der Waals surface area contributed by atoms with Gasteiger partial charge in [-0.05, 0) is 18.6 Å². The van der Waals surface area contributed by atoms with Crippen LogP contribution in [0.25, 0.3) is 0 Å². The van der Waals surface area contributed by atoms with Crippen LogP contribution in [0.5, 0.6) is 0 Å². The molecule has 1 aliphatic heterocycles. The predicted molar refractivity (Wildman–Crippen MR) is 70.9 cm³/mol. The minimum absolute atomic E-state index is 0.0207. The average Bonchev–Trinajstić information content (AvgIpc) is 2.72. The van der Waals surface area contributed by atoms with Crippen LogP contribution in [-0.4, -0.2) is 55.1 Å². The van der Waals surface area contributed by atoms with Crippen molar-refractivity contribution >= 4 is 12.0 Å². The van der Waals surface area contributed by atoms with E-state index in [1.807, 2.05) is 30.3 Å². The van der Waals surface area contributed by atoms with Gasteiger partial charge in [0.25, 0.3) is 5.91 Å². The van der Waals surface area contributed by atoms with Crippen LogP contribution in [0.2, 0.25) is 0 Å². The van der Waals surface area contributed by atoms with Crippen molar-refractivity contribution in [1.29, 1.82) is 0 Å². The first-order chi connectivity index (χ1) is 9.22. The van der Waals surface area contributed by atoms with E-state index in [0.29, 0.717) is 31.7 Å². The number of hydrogen-bond acceptors (Lipinski definition) is 3. The second-order valence-corrected chi connectivity index (χ2v) is 4.47. The number of benzene rings is 1. The zero-order chi connectivity index (χ0) is 13.7. The summed E-state index contributed by atoms with van der Waals surface area (Å²) in [5.41, 5.74) is 0.689. The fourth-order valence-corrected chi connectivity index (χ4v) is 2.20. The van der Waals surface area contributed by atoms with Crippen LogP contribution in [0.4, 0.5) is 4.79 Å². The van der Waals surface area contributed by atoms with Gasteiger partial charge in [0.2, 0.25) is 0 Å². The Labute approximate surface area is 112 Å². The molecule has 0 atom stereocenters. The highest BCUT2D eigenvalue weighted by molar-refractivity contribution is 5.94. The van der Waals surface area contributed by atoms with E-state index in [2.05, 4.69) is 0 Å². The van der Waals surface area contributed by atoms with Crippen molar-refractivity contribution in [2.45, 2.75) is 6.42 Å². The third-order valence-corrected chi connectivity index (χ3v) is 3.24. The maximum absolute atomic E-state index is 12.3. The Balaban J connectivity index is 2.00. The molecular weight excluding hydrogens is 244 g/mol. The van der Waals surface area contributed by atoms with Crippen LogP contribution in [0.3, 0.4) is 0 Å². The van der Waals surface area contributed by atoms with Gasteiger partial charge in [0.15, 0.2) is 0 Å². The monoisotopic (exact) mass is 262 g/mol. The van der Waals surface area contributed by atoms with Gasteiger partial charge in [-0.25, -0.2) is 4.79 Å². The summed E-state index contributed by atoms with van der Waals surface area (Å²) in [5.74, 6) is 0.0207. The first-order valence-electron chi connectivity index (χ1n) is 6.39. The Kier molecular flexibility index (Phi) is 4.39. The Morgan fingerprint density at radius 3 is 2.32 bits per heavy atom. The summed E-state index contributed by atoms with van der Waals surface area (Å²) in [6.45, 7) is 2.36. The van der Waals surface area contributed by atoms with Crippen molar-refractivity contribution in [3.63, 3.8) is 0 Å². The second kappa shape index (κ2) is 6.22. The van der Waals surface area contributed by atoms with E-state index in [-0.39, 0.29) is 12.0 Å². The van der Waals surface area contributed by atoms with Crippen LogP contribution in [0.1, 0.15) is 16.8 Å². The van der Waals surface area contributed by atoms with Gasteiger partial charge >= 0.3 is 6.09 Å². The van der Waals surface area contributed by atoms with E-state index in [1.54, 1.807) is 9.80 Å². The van der Waals surface area contributed by atoms with Crippen LogP contribution in [0, 0.1) is 0 Å². The molecule has 1 heterocycles. The molecule has 1 aliphatic rings. The number of hydrogen-bond donors (Lipinski definition) is 0.